The van der Waals surface area contributed by atoms with E-state index in [1.54, 1.807) is 6.07 Å². The predicted molar refractivity (Wildman–Crippen MR) is 56.9 cm³/mol. The summed E-state index contributed by atoms with van der Waals surface area (Å²) in [5.41, 5.74) is 6.79. The van der Waals surface area contributed by atoms with Crippen LogP contribution in [0.5, 0.6) is 0 Å². The fraction of sp³-hybridized carbons (Fsp3) is 0.200. The van der Waals surface area contributed by atoms with Gasteiger partial charge in [-0.3, -0.25) is 4.98 Å². The average Bonchev–Trinajstić information content (AvgIpc) is 2.62. The molecule has 6 heteroatoms. The summed E-state index contributed by atoms with van der Waals surface area (Å²) in [6.45, 7) is 0.287. The largest absolute Gasteiger partial charge is 0.394 e. The van der Waals surface area contributed by atoms with E-state index < -0.39 is 5.82 Å². The Hall–Kier alpha value is -1.95. The van der Waals surface area contributed by atoms with Crippen molar-refractivity contribution in [1.29, 1.82) is 0 Å². The molecule has 2 heterocycles. The summed E-state index contributed by atoms with van der Waals surface area (Å²) in [6, 6.07) is 4.47. The molecule has 2 aromatic heterocycles. The molecule has 0 aromatic carbocycles. The number of aliphatic hydroxyl groups excluding tert-OH is 1. The highest BCUT2D eigenvalue weighted by molar-refractivity contribution is 5.57. The zero-order valence-corrected chi connectivity index (χ0v) is 8.47. The van der Waals surface area contributed by atoms with Crippen LogP contribution >= 0.6 is 0 Å². The smallest absolute Gasteiger partial charge is 0.141 e. The Kier molecular flexibility index (Phi) is 2.82. The summed E-state index contributed by atoms with van der Waals surface area (Å²) in [4.78, 5) is 3.89. The molecule has 3 N–H and O–H groups in total. The number of hydrogen-bond acceptors (Lipinski definition) is 4. The predicted octanol–water partition coefficient (Wildman–Crippen LogP) is 0.659. The number of rotatable bonds is 3. The minimum absolute atomic E-state index is 0.0395. The molecule has 0 spiro atoms. The molecule has 0 radical (unpaired) electrons. The lowest BCUT2D eigenvalue weighted by atomic mass is 10.3. The van der Waals surface area contributed by atoms with Crippen molar-refractivity contribution in [2.24, 2.45) is 0 Å². The van der Waals surface area contributed by atoms with Gasteiger partial charge in [-0.05, 0) is 12.1 Å². The van der Waals surface area contributed by atoms with Crippen LogP contribution in [0.3, 0.4) is 0 Å². The van der Waals surface area contributed by atoms with Gasteiger partial charge in [-0.2, -0.15) is 5.10 Å². The highest BCUT2D eigenvalue weighted by Gasteiger charge is 2.07. The maximum absolute atomic E-state index is 12.7. The zero-order chi connectivity index (χ0) is 11.5. The van der Waals surface area contributed by atoms with Crippen LogP contribution in [-0.4, -0.2) is 26.5 Å². The van der Waals surface area contributed by atoms with Crippen LogP contribution in [0.25, 0.3) is 11.4 Å². The fourth-order valence-electron chi connectivity index (χ4n) is 1.36. The van der Waals surface area contributed by atoms with E-state index in [0.717, 1.165) is 6.20 Å². The Morgan fingerprint density at radius 1 is 1.38 bits per heavy atom. The number of nitrogens with two attached hydrogens (primary N) is 1. The Bertz CT molecular complexity index is 480. The number of anilines is 1. The maximum Gasteiger partial charge on any atom is 0.141 e. The van der Waals surface area contributed by atoms with E-state index in [1.165, 1.54) is 16.8 Å². The molecule has 0 atom stereocenters. The molecular formula is C10H11FN4O. The van der Waals surface area contributed by atoms with E-state index in [2.05, 4.69) is 10.1 Å². The average molecular weight is 222 g/mol. The molecule has 0 fully saturated rings. The number of halogens is 1. The van der Waals surface area contributed by atoms with Crippen LogP contribution in [0.1, 0.15) is 0 Å². The minimum Gasteiger partial charge on any atom is -0.394 e. The molecule has 2 rings (SSSR count). The second kappa shape index (κ2) is 4.28. The van der Waals surface area contributed by atoms with Gasteiger partial charge in [0.05, 0.1) is 25.0 Å². The van der Waals surface area contributed by atoms with Crippen molar-refractivity contribution < 1.29 is 9.50 Å². The van der Waals surface area contributed by atoms with Crippen LogP contribution < -0.4 is 5.73 Å². The summed E-state index contributed by atoms with van der Waals surface area (Å²) < 4.78 is 14.1. The number of aromatic nitrogens is 3. The van der Waals surface area contributed by atoms with Crippen LogP contribution in [0.15, 0.2) is 24.4 Å². The zero-order valence-electron chi connectivity index (χ0n) is 8.47. The molecule has 0 aliphatic carbocycles. The van der Waals surface area contributed by atoms with Crippen LogP contribution in [0.4, 0.5) is 10.2 Å². The highest BCUT2D eigenvalue weighted by atomic mass is 19.1. The summed E-state index contributed by atoms with van der Waals surface area (Å²) in [5.74, 6) is 0.0432. The van der Waals surface area contributed by atoms with Crippen molar-refractivity contribution in [1.82, 2.24) is 14.8 Å². The van der Waals surface area contributed by atoms with Crippen molar-refractivity contribution in [3.63, 3.8) is 0 Å². The van der Waals surface area contributed by atoms with E-state index >= 15 is 0 Å². The number of nitrogen functional groups attached to an aromatic ring is 1. The third-order valence-corrected chi connectivity index (χ3v) is 2.11. The fourth-order valence-corrected chi connectivity index (χ4v) is 1.36. The molecule has 0 saturated carbocycles. The first kappa shape index (κ1) is 10.6. The molecule has 5 nitrogen and oxygen atoms in total. The van der Waals surface area contributed by atoms with E-state index in [4.69, 9.17) is 10.8 Å². The van der Waals surface area contributed by atoms with Crippen molar-refractivity contribution in [3.8, 4) is 11.4 Å². The topological polar surface area (TPSA) is 77.0 Å². The van der Waals surface area contributed by atoms with Gasteiger partial charge in [-0.25, -0.2) is 9.07 Å². The third-order valence-electron chi connectivity index (χ3n) is 2.11. The molecule has 0 aliphatic rings. The van der Waals surface area contributed by atoms with Crippen LogP contribution in [-0.2, 0) is 6.54 Å². The molecule has 2 aromatic rings. The van der Waals surface area contributed by atoms with E-state index in [-0.39, 0.29) is 6.61 Å². The van der Waals surface area contributed by atoms with Crippen LogP contribution in [0.2, 0.25) is 0 Å². The lowest BCUT2D eigenvalue weighted by molar-refractivity contribution is 0.270. The summed E-state index contributed by atoms with van der Waals surface area (Å²) in [5, 5.41) is 12.9. The van der Waals surface area contributed by atoms with Gasteiger partial charge in [0.25, 0.3) is 0 Å². The Morgan fingerprint density at radius 2 is 2.19 bits per heavy atom. The SMILES string of the molecule is Nc1cc(-c2ccc(F)cn2)nn1CCO. The van der Waals surface area contributed by atoms with Gasteiger partial charge in [0.15, 0.2) is 0 Å². The lowest BCUT2D eigenvalue weighted by Gasteiger charge is -1.99. The van der Waals surface area contributed by atoms with E-state index in [0.29, 0.717) is 23.8 Å². The Balaban J connectivity index is 2.33. The van der Waals surface area contributed by atoms with E-state index in [9.17, 15) is 4.39 Å². The maximum atomic E-state index is 12.7. The van der Waals surface area contributed by atoms with Crippen molar-refractivity contribution >= 4 is 5.82 Å². The lowest BCUT2D eigenvalue weighted by Crippen LogP contribution is -2.07. The van der Waals surface area contributed by atoms with E-state index in [1.807, 2.05) is 0 Å². The molecule has 0 bridgehead atoms. The second-order valence-corrected chi connectivity index (χ2v) is 3.26. The van der Waals surface area contributed by atoms with Crippen molar-refractivity contribution in [2.75, 3.05) is 12.3 Å². The molecule has 84 valence electrons. The first-order valence-electron chi connectivity index (χ1n) is 4.77. The van der Waals surface area contributed by atoms with Crippen molar-refractivity contribution in [3.05, 3.63) is 30.2 Å². The van der Waals surface area contributed by atoms with Gasteiger partial charge in [-0.15, -0.1) is 0 Å². The number of nitrogens with zero attached hydrogens (tertiary/aromatic N) is 3. The highest BCUT2D eigenvalue weighted by Crippen LogP contribution is 2.18. The normalized spacial score (nSPS) is 10.6. The molecule has 0 saturated heterocycles. The summed E-state index contributed by atoms with van der Waals surface area (Å²) in [7, 11) is 0. The van der Waals surface area contributed by atoms with Crippen LogP contribution in [0, 0.1) is 5.82 Å². The molecule has 0 amide bonds. The quantitative estimate of drug-likeness (QED) is 0.799. The number of pyridine rings is 1. The number of aliphatic hydroxyl groups is 1. The monoisotopic (exact) mass is 222 g/mol. The molecular weight excluding hydrogens is 211 g/mol. The van der Waals surface area contributed by atoms with Gasteiger partial charge >= 0.3 is 0 Å². The second-order valence-electron chi connectivity index (χ2n) is 3.26. The summed E-state index contributed by atoms with van der Waals surface area (Å²) in [6.07, 6.45) is 1.12. The van der Waals surface area contributed by atoms with Gasteiger partial charge in [-0.1, -0.05) is 0 Å². The Labute approximate surface area is 91.3 Å². The Morgan fingerprint density at radius 3 is 2.81 bits per heavy atom. The molecule has 0 unspecified atom stereocenters. The van der Waals surface area contributed by atoms with Gasteiger partial charge in [0, 0.05) is 6.07 Å². The third kappa shape index (κ3) is 2.01. The standard InChI is InChI=1S/C10H11FN4O/c11-7-1-2-8(13-6-7)9-5-10(12)15(14-9)3-4-16/h1-2,5-6,16H,3-4,12H2. The van der Waals surface area contributed by atoms with Gasteiger partial charge in [0.2, 0.25) is 0 Å². The molecule has 0 aliphatic heterocycles. The molecule has 16 heavy (non-hydrogen) atoms. The summed E-state index contributed by atoms with van der Waals surface area (Å²) >= 11 is 0. The first-order valence-corrected chi connectivity index (χ1v) is 4.77. The van der Waals surface area contributed by atoms with Crippen molar-refractivity contribution in [2.45, 2.75) is 6.54 Å². The first-order chi connectivity index (χ1) is 7.70. The van der Waals surface area contributed by atoms with Gasteiger partial charge < -0.3 is 10.8 Å². The minimum atomic E-state index is -0.397. The number of hydrogen-bond donors (Lipinski definition) is 2. The van der Waals surface area contributed by atoms with Gasteiger partial charge in [0.1, 0.15) is 17.3 Å².